The van der Waals surface area contributed by atoms with Crippen LogP contribution in [0.3, 0.4) is 0 Å². The lowest BCUT2D eigenvalue weighted by Crippen LogP contribution is -2.47. The van der Waals surface area contributed by atoms with Gasteiger partial charge in [-0.1, -0.05) is 6.07 Å². The summed E-state index contributed by atoms with van der Waals surface area (Å²) in [6.07, 6.45) is 0.974. The molecule has 4 heterocycles. The number of benzene rings is 1. The molecule has 3 N–H and O–H groups in total. The van der Waals surface area contributed by atoms with Gasteiger partial charge in [-0.05, 0) is 39.3 Å². The van der Waals surface area contributed by atoms with Crippen LogP contribution in [0.4, 0.5) is 10.3 Å². The van der Waals surface area contributed by atoms with Gasteiger partial charge in [-0.3, -0.25) is 14.5 Å². The topological polar surface area (TPSA) is 122 Å². The number of pyridine rings is 1. The van der Waals surface area contributed by atoms with Crippen molar-refractivity contribution in [2.75, 3.05) is 38.2 Å². The number of rotatable bonds is 6. The summed E-state index contributed by atoms with van der Waals surface area (Å²) in [6, 6.07) is 4.91. The molecule has 0 aliphatic carbocycles. The predicted octanol–water partition coefficient (Wildman–Crippen LogP) is 1.98. The Balaban J connectivity index is 1.57. The standard InChI is InChI=1S/C27H33FN6O4/c1-15(2)34-21-10-17(25-19(28)11-30-27(32-25)31-20-6-9-38-14-23(20)35)4-5-18(21)26(37)16(3)22(34)12-33-8-7-29-24(36)13-33/h4-5,10-11,15,20,23,35H,6-9,12-14H2,1-3H3,(H,29,36)(H,30,31,32)/t20-,23-/m1/s1. The molecule has 3 aromatic rings. The van der Waals surface area contributed by atoms with Crippen molar-refractivity contribution in [1.29, 1.82) is 0 Å². The van der Waals surface area contributed by atoms with Crippen LogP contribution >= 0.6 is 0 Å². The summed E-state index contributed by atoms with van der Waals surface area (Å²) in [4.78, 5) is 35.9. The Kier molecular flexibility index (Phi) is 7.42. The quantitative estimate of drug-likeness (QED) is 0.448. The second-order valence-corrected chi connectivity index (χ2v) is 10.2. The summed E-state index contributed by atoms with van der Waals surface area (Å²) in [7, 11) is 0. The molecule has 2 aliphatic heterocycles. The lowest BCUT2D eigenvalue weighted by Gasteiger charge is -2.30. The molecule has 2 aliphatic rings. The summed E-state index contributed by atoms with van der Waals surface area (Å²) in [5, 5.41) is 16.7. The molecule has 0 radical (unpaired) electrons. The summed E-state index contributed by atoms with van der Waals surface area (Å²) < 4.78 is 22.4. The minimum Gasteiger partial charge on any atom is -0.389 e. The maximum absolute atomic E-state index is 15.0. The first-order valence-electron chi connectivity index (χ1n) is 12.9. The zero-order chi connectivity index (χ0) is 27.0. The fraction of sp³-hybridized carbons (Fsp3) is 0.481. The van der Waals surface area contributed by atoms with Crippen molar-refractivity contribution in [2.45, 2.75) is 51.9 Å². The van der Waals surface area contributed by atoms with E-state index in [1.165, 1.54) is 0 Å². The zero-order valence-corrected chi connectivity index (χ0v) is 21.8. The van der Waals surface area contributed by atoms with Crippen molar-refractivity contribution in [3.05, 3.63) is 51.7 Å². The molecule has 11 heteroatoms. The third-order valence-electron chi connectivity index (χ3n) is 7.23. The molecule has 0 spiro atoms. The number of hydrogen-bond donors (Lipinski definition) is 3. The number of aromatic nitrogens is 3. The highest BCUT2D eigenvalue weighted by molar-refractivity contribution is 5.85. The van der Waals surface area contributed by atoms with Crippen LogP contribution in [0.2, 0.25) is 0 Å². The Labute approximate surface area is 219 Å². The average Bonchev–Trinajstić information content (AvgIpc) is 2.89. The molecule has 0 unspecified atom stereocenters. The average molecular weight is 525 g/mol. The van der Waals surface area contributed by atoms with Crippen LogP contribution in [0, 0.1) is 12.7 Å². The van der Waals surface area contributed by atoms with E-state index in [1.54, 1.807) is 18.2 Å². The second-order valence-electron chi connectivity index (χ2n) is 10.2. The predicted molar refractivity (Wildman–Crippen MR) is 141 cm³/mol. The number of nitrogens with one attached hydrogen (secondary N) is 2. The fourth-order valence-electron chi connectivity index (χ4n) is 5.25. The summed E-state index contributed by atoms with van der Waals surface area (Å²) in [5.41, 5.74) is 2.68. The van der Waals surface area contributed by atoms with Gasteiger partial charge in [0.05, 0.1) is 37.0 Å². The molecule has 202 valence electrons. The highest BCUT2D eigenvalue weighted by Gasteiger charge is 2.25. The van der Waals surface area contributed by atoms with Crippen molar-refractivity contribution in [3.8, 4) is 11.3 Å². The molecular weight excluding hydrogens is 491 g/mol. The molecule has 1 aromatic carbocycles. The Morgan fingerprint density at radius 1 is 1.32 bits per heavy atom. The van der Waals surface area contributed by atoms with Gasteiger partial charge in [0.1, 0.15) is 5.69 Å². The normalized spacial score (nSPS) is 20.6. The van der Waals surface area contributed by atoms with E-state index in [4.69, 9.17) is 4.74 Å². The van der Waals surface area contributed by atoms with E-state index >= 15 is 4.39 Å². The van der Waals surface area contributed by atoms with E-state index < -0.39 is 11.9 Å². The Morgan fingerprint density at radius 2 is 2.13 bits per heavy atom. The number of amides is 1. The molecule has 0 saturated carbocycles. The molecule has 2 saturated heterocycles. The van der Waals surface area contributed by atoms with Gasteiger partial charge in [0.25, 0.3) is 0 Å². The molecule has 0 bridgehead atoms. The Bertz CT molecular complexity index is 1420. The fourth-order valence-corrected chi connectivity index (χ4v) is 5.25. The number of fused-ring (bicyclic) bond motifs is 1. The largest absolute Gasteiger partial charge is 0.389 e. The first kappa shape index (κ1) is 26.2. The molecule has 2 aromatic heterocycles. The highest BCUT2D eigenvalue weighted by Crippen LogP contribution is 2.29. The summed E-state index contributed by atoms with van der Waals surface area (Å²) in [5.74, 6) is -0.415. The van der Waals surface area contributed by atoms with Crippen molar-refractivity contribution in [1.82, 2.24) is 24.8 Å². The molecular formula is C27H33FN6O4. The van der Waals surface area contributed by atoms with E-state index in [9.17, 15) is 14.7 Å². The van der Waals surface area contributed by atoms with Crippen LogP contribution in [0.25, 0.3) is 22.2 Å². The van der Waals surface area contributed by atoms with Gasteiger partial charge in [0, 0.05) is 54.5 Å². The minimum absolute atomic E-state index is 0.00292. The van der Waals surface area contributed by atoms with Gasteiger partial charge < -0.3 is 25.0 Å². The van der Waals surface area contributed by atoms with Gasteiger partial charge in [-0.15, -0.1) is 0 Å². The molecule has 2 fully saturated rings. The first-order valence-corrected chi connectivity index (χ1v) is 12.9. The van der Waals surface area contributed by atoms with Crippen LogP contribution in [-0.4, -0.2) is 75.4 Å². The van der Waals surface area contributed by atoms with Crippen molar-refractivity contribution < 1.29 is 19.0 Å². The number of nitrogens with zero attached hydrogens (tertiary/aromatic N) is 4. The Morgan fingerprint density at radius 3 is 2.87 bits per heavy atom. The maximum Gasteiger partial charge on any atom is 0.234 e. The number of anilines is 1. The number of carbonyl (C=O) groups excluding carboxylic acids is 1. The van der Waals surface area contributed by atoms with Gasteiger partial charge in [-0.2, -0.15) is 0 Å². The van der Waals surface area contributed by atoms with E-state index in [0.717, 1.165) is 11.9 Å². The Hall–Kier alpha value is -3.41. The van der Waals surface area contributed by atoms with Crippen molar-refractivity contribution in [2.24, 2.45) is 0 Å². The summed E-state index contributed by atoms with van der Waals surface area (Å²) in [6.45, 7) is 8.60. The highest BCUT2D eigenvalue weighted by atomic mass is 19.1. The van der Waals surface area contributed by atoms with Gasteiger partial charge in [0.15, 0.2) is 11.2 Å². The van der Waals surface area contributed by atoms with Crippen molar-refractivity contribution >= 4 is 22.8 Å². The van der Waals surface area contributed by atoms with Crippen LogP contribution in [0.15, 0.2) is 29.2 Å². The number of aliphatic hydroxyl groups excluding tert-OH is 1. The van der Waals surface area contributed by atoms with Gasteiger partial charge in [0.2, 0.25) is 11.9 Å². The lowest BCUT2D eigenvalue weighted by molar-refractivity contribution is -0.124. The number of hydrogen-bond acceptors (Lipinski definition) is 8. The lowest BCUT2D eigenvalue weighted by atomic mass is 10.0. The molecule has 5 rings (SSSR count). The van der Waals surface area contributed by atoms with Gasteiger partial charge in [-0.25, -0.2) is 14.4 Å². The van der Waals surface area contributed by atoms with E-state index in [0.29, 0.717) is 54.7 Å². The number of piperazine rings is 1. The molecule has 2 atom stereocenters. The van der Waals surface area contributed by atoms with E-state index in [2.05, 4.69) is 25.2 Å². The number of carbonyl (C=O) groups is 1. The number of aliphatic hydroxyl groups is 1. The molecule has 38 heavy (non-hydrogen) atoms. The van der Waals surface area contributed by atoms with Gasteiger partial charge >= 0.3 is 0 Å². The van der Waals surface area contributed by atoms with E-state index in [1.807, 2.05) is 25.7 Å². The molecule has 1 amide bonds. The van der Waals surface area contributed by atoms with Crippen LogP contribution < -0.4 is 16.1 Å². The SMILES string of the molecule is Cc1c(CN2CCNC(=O)C2)n(C(C)C)c2cc(-c3nc(N[C@@H]4CCOC[C@H]4O)ncc3F)ccc2c1=O. The maximum atomic E-state index is 15.0. The first-order chi connectivity index (χ1) is 18.2. The molecule has 10 nitrogen and oxygen atoms in total. The third kappa shape index (κ3) is 5.13. The summed E-state index contributed by atoms with van der Waals surface area (Å²) >= 11 is 0. The van der Waals surface area contributed by atoms with Crippen LogP contribution in [0.1, 0.15) is 37.6 Å². The smallest absolute Gasteiger partial charge is 0.234 e. The minimum atomic E-state index is -0.713. The van der Waals surface area contributed by atoms with Crippen molar-refractivity contribution in [3.63, 3.8) is 0 Å². The van der Waals surface area contributed by atoms with Crippen LogP contribution in [0.5, 0.6) is 0 Å². The van der Waals surface area contributed by atoms with Crippen LogP contribution in [-0.2, 0) is 16.1 Å². The third-order valence-corrected chi connectivity index (χ3v) is 7.23. The number of ether oxygens (including phenoxy) is 1. The second kappa shape index (κ2) is 10.8. The van der Waals surface area contributed by atoms with E-state index in [-0.39, 0.29) is 48.2 Å². The zero-order valence-electron chi connectivity index (χ0n) is 21.8. The number of halogens is 1. The monoisotopic (exact) mass is 524 g/mol.